The fourth-order valence-corrected chi connectivity index (χ4v) is 6.07. The molecule has 10 heteroatoms. The molecule has 2 aliphatic rings. The Morgan fingerprint density at radius 3 is 2.62 bits per heavy atom. The van der Waals surface area contributed by atoms with Crippen molar-refractivity contribution in [3.63, 3.8) is 0 Å². The van der Waals surface area contributed by atoms with E-state index < -0.39 is 18.8 Å². The number of fused-ring (bicyclic) bond motifs is 2. The summed E-state index contributed by atoms with van der Waals surface area (Å²) < 4.78 is 40.4. The molecule has 4 aromatic rings. The van der Waals surface area contributed by atoms with E-state index in [2.05, 4.69) is 20.5 Å². The van der Waals surface area contributed by atoms with Gasteiger partial charge in [-0.05, 0) is 48.2 Å². The van der Waals surface area contributed by atoms with Gasteiger partial charge in [0.05, 0.1) is 12.1 Å². The Balaban J connectivity index is 1.35. The van der Waals surface area contributed by atoms with Crippen molar-refractivity contribution >= 4 is 22.6 Å². The average Bonchev–Trinajstić information content (AvgIpc) is 3.30. The maximum atomic E-state index is 13.5. The number of amides is 2. The molecule has 3 atom stereocenters. The van der Waals surface area contributed by atoms with Crippen LogP contribution >= 0.6 is 0 Å². The summed E-state index contributed by atoms with van der Waals surface area (Å²) in [5, 5.41) is 11.5. The topological polar surface area (TPSA) is 77.2 Å². The number of aryl methyl sites for hydroxylation is 1. The lowest BCUT2D eigenvalue weighted by Crippen LogP contribution is -2.59. The van der Waals surface area contributed by atoms with E-state index in [1.807, 2.05) is 68.4 Å². The van der Waals surface area contributed by atoms with Gasteiger partial charge < -0.3 is 10.2 Å². The number of halogens is 3. The maximum Gasteiger partial charge on any atom is 0.401 e. The first-order valence-corrected chi connectivity index (χ1v) is 13.0. The number of nitrogens with one attached hydrogen (secondary N) is 2. The van der Waals surface area contributed by atoms with E-state index >= 15 is 0 Å². The zero-order valence-corrected chi connectivity index (χ0v) is 21.7. The zero-order chi connectivity index (χ0) is 27.3. The predicted octanol–water partition coefficient (Wildman–Crippen LogP) is 5.95. The molecule has 39 heavy (non-hydrogen) atoms. The van der Waals surface area contributed by atoms with Gasteiger partial charge in [-0.2, -0.15) is 18.3 Å². The second kappa shape index (κ2) is 9.68. The lowest BCUT2D eigenvalue weighted by molar-refractivity contribution is -0.152. The smallest absolute Gasteiger partial charge is 0.316 e. The number of H-pyrrole nitrogens is 1. The largest absolute Gasteiger partial charge is 0.401 e. The van der Waals surface area contributed by atoms with E-state index in [0.29, 0.717) is 12.2 Å². The van der Waals surface area contributed by atoms with Gasteiger partial charge in [-0.3, -0.25) is 15.0 Å². The highest BCUT2D eigenvalue weighted by Gasteiger charge is 2.43. The van der Waals surface area contributed by atoms with Gasteiger partial charge in [0.25, 0.3) is 0 Å². The van der Waals surface area contributed by atoms with Crippen molar-refractivity contribution < 1.29 is 18.0 Å². The fourth-order valence-electron chi connectivity index (χ4n) is 6.07. The molecule has 6 rings (SSSR count). The summed E-state index contributed by atoms with van der Waals surface area (Å²) in [5.41, 5.74) is 5.94. The van der Waals surface area contributed by atoms with Crippen molar-refractivity contribution in [1.29, 1.82) is 0 Å². The van der Waals surface area contributed by atoms with Crippen molar-refractivity contribution in [3.8, 4) is 11.3 Å². The van der Waals surface area contributed by atoms with Crippen LogP contribution in [0.4, 0.5) is 23.7 Å². The molecular formula is C29H29F3N6O. The van der Waals surface area contributed by atoms with Crippen LogP contribution in [0.25, 0.3) is 22.2 Å². The van der Waals surface area contributed by atoms with Gasteiger partial charge >= 0.3 is 12.2 Å². The number of anilines is 1. The number of aromatic nitrogens is 3. The van der Waals surface area contributed by atoms with Gasteiger partial charge in [0, 0.05) is 60.1 Å². The molecule has 2 amide bonds. The van der Waals surface area contributed by atoms with Crippen molar-refractivity contribution in [2.45, 2.75) is 38.5 Å². The predicted molar refractivity (Wildman–Crippen MR) is 143 cm³/mol. The Bertz CT molecular complexity index is 1520. The molecule has 1 fully saturated rings. The third-order valence-corrected chi connectivity index (χ3v) is 7.97. The summed E-state index contributed by atoms with van der Waals surface area (Å²) in [6, 6.07) is 16.7. The molecule has 3 unspecified atom stereocenters. The minimum Gasteiger partial charge on any atom is -0.316 e. The molecule has 0 radical (unpaired) electrons. The quantitative estimate of drug-likeness (QED) is 0.339. The van der Waals surface area contributed by atoms with Crippen LogP contribution < -0.4 is 5.32 Å². The second-order valence-corrected chi connectivity index (χ2v) is 10.6. The fraction of sp³-hybridized carbons (Fsp3) is 0.345. The number of piperidine rings is 1. The van der Waals surface area contributed by atoms with E-state index in [0.717, 1.165) is 39.0 Å². The van der Waals surface area contributed by atoms with Gasteiger partial charge in [0.2, 0.25) is 0 Å². The first-order chi connectivity index (χ1) is 18.7. The minimum atomic E-state index is -4.32. The second-order valence-electron chi connectivity index (χ2n) is 10.6. The van der Waals surface area contributed by atoms with Crippen LogP contribution in [-0.2, 0) is 6.54 Å². The normalized spacial score (nSPS) is 22.1. The number of rotatable bonds is 4. The zero-order valence-electron chi connectivity index (χ0n) is 21.7. The standard InChI is InChI=1S/C29H29F3N6O/c1-17-10-20(8-9-33-17)27-22-11-21-13-38(28(39)34-24(21)12-25(22)35-36-27)26-15-37(16-29(30,31)32)14-23(18(26)2)19-6-4-3-5-7-19/h3-12,18,23,26H,13-16H2,1-2H3,(H,34,39)(H,35,36). The summed E-state index contributed by atoms with van der Waals surface area (Å²) in [7, 11) is 0. The minimum absolute atomic E-state index is 0.0443. The number of carbonyl (C=O) groups excluding carboxylic acids is 1. The van der Waals surface area contributed by atoms with Crippen LogP contribution in [0.15, 0.2) is 60.8 Å². The molecule has 0 saturated carbocycles. The number of aromatic amines is 1. The Morgan fingerprint density at radius 1 is 1.08 bits per heavy atom. The summed E-state index contributed by atoms with van der Waals surface area (Å²) in [6.07, 6.45) is -2.58. The highest BCUT2D eigenvalue weighted by atomic mass is 19.4. The van der Waals surface area contributed by atoms with Crippen LogP contribution in [0.5, 0.6) is 0 Å². The Hall–Kier alpha value is -3.92. The number of likely N-dealkylation sites (tertiary alicyclic amines) is 1. The van der Waals surface area contributed by atoms with Crippen LogP contribution in [0.2, 0.25) is 0 Å². The van der Waals surface area contributed by atoms with Crippen molar-refractivity contribution in [2.75, 3.05) is 25.0 Å². The number of hydrogen-bond acceptors (Lipinski definition) is 4. The highest BCUT2D eigenvalue weighted by Crippen LogP contribution is 2.39. The highest BCUT2D eigenvalue weighted by molar-refractivity contribution is 6.00. The molecule has 2 aromatic carbocycles. The molecule has 0 bridgehead atoms. The van der Waals surface area contributed by atoms with Crippen molar-refractivity contribution in [2.24, 2.45) is 5.92 Å². The molecule has 0 aliphatic carbocycles. The van der Waals surface area contributed by atoms with Gasteiger partial charge in [-0.15, -0.1) is 0 Å². The maximum absolute atomic E-state index is 13.5. The number of urea groups is 1. The average molecular weight is 535 g/mol. The van der Waals surface area contributed by atoms with E-state index in [1.165, 1.54) is 4.90 Å². The molecular weight excluding hydrogens is 505 g/mol. The molecule has 4 heterocycles. The van der Waals surface area contributed by atoms with Crippen molar-refractivity contribution in [1.82, 2.24) is 25.0 Å². The molecule has 2 aliphatic heterocycles. The first-order valence-electron chi connectivity index (χ1n) is 13.0. The molecule has 2 N–H and O–H groups in total. The SMILES string of the molecule is Cc1cc(-c2n[nH]c3cc4c(cc23)CN(C2CN(CC(F)(F)F)CC(c3ccccc3)C2C)C(=O)N4)ccn1. The summed E-state index contributed by atoms with van der Waals surface area (Å²) in [6.45, 7) is 3.70. The Morgan fingerprint density at radius 2 is 1.87 bits per heavy atom. The van der Waals surface area contributed by atoms with Crippen molar-refractivity contribution in [3.05, 3.63) is 77.6 Å². The molecule has 2 aromatic heterocycles. The van der Waals surface area contributed by atoms with Gasteiger partial charge in [0.1, 0.15) is 5.69 Å². The van der Waals surface area contributed by atoms with E-state index in [9.17, 15) is 18.0 Å². The van der Waals surface area contributed by atoms with Crippen LogP contribution in [0.3, 0.4) is 0 Å². The number of benzene rings is 2. The van der Waals surface area contributed by atoms with Crippen LogP contribution in [0, 0.1) is 12.8 Å². The Labute approximate surface area is 224 Å². The van der Waals surface area contributed by atoms with Crippen LogP contribution in [-0.4, -0.2) is 62.9 Å². The summed E-state index contributed by atoms with van der Waals surface area (Å²) in [4.78, 5) is 20.8. The molecule has 1 saturated heterocycles. The number of carbonyl (C=O) groups is 1. The summed E-state index contributed by atoms with van der Waals surface area (Å²) >= 11 is 0. The van der Waals surface area contributed by atoms with Gasteiger partial charge in [-0.25, -0.2) is 4.79 Å². The van der Waals surface area contributed by atoms with Gasteiger partial charge in [0.15, 0.2) is 0 Å². The number of alkyl halides is 3. The number of hydrogen-bond donors (Lipinski definition) is 2. The lowest BCUT2D eigenvalue weighted by atomic mass is 9.78. The first kappa shape index (κ1) is 25.4. The number of pyridine rings is 1. The monoisotopic (exact) mass is 534 g/mol. The van der Waals surface area contributed by atoms with Crippen LogP contribution in [0.1, 0.15) is 29.7 Å². The van der Waals surface area contributed by atoms with Gasteiger partial charge in [-0.1, -0.05) is 37.3 Å². The third-order valence-electron chi connectivity index (χ3n) is 7.97. The number of nitrogens with zero attached hydrogens (tertiary/aromatic N) is 4. The third kappa shape index (κ3) is 4.96. The lowest BCUT2D eigenvalue weighted by Gasteiger charge is -2.48. The van der Waals surface area contributed by atoms with E-state index in [4.69, 9.17) is 0 Å². The van der Waals surface area contributed by atoms with E-state index in [-0.39, 0.29) is 31.0 Å². The molecule has 0 spiro atoms. The Kier molecular flexibility index (Phi) is 6.29. The summed E-state index contributed by atoms with van der Waals surface area (Å²) in [5.74, 6) is -0.184. The molecule has 202 valence electrons. The van der Waals surface area contributed by atoms with E-state index in [1.54, 1.807) is 11.1 Å². The molecule has 7 nitrogen and oxygen atoms in total.